The Balaban J connectivity index is 2.59. The largest absolute Gasteiger partial charge is 0.320 e. The number of carbonyl (C=O) groups excluding carboxylic acids is 1. The average Bonchev–Trinajstić information content (AvgIpc) is 2.58. The lowest BCUT2D eigenvalue weighted by molar-refractivity contribution is 0.168. The molecule has 0 aromatic rings. The van der Waals surface area contributed by atoms with Crippen molar-refractivity contribution in [2.45, 2.75) is 52.6 Å². The Morgan fingerprint density at radius 1 is 1.07 bits per heavy atom. The van der Waals surface area contributed by atoms with E-state index in [1.54, 1.807) is 0 Å². The zero-order chi connectivity index (χ0) is 10.7. The third-order valence-electron chi connectivity index (χ3n) is 3.32. The van der Waals surface area contributed by atoms with E-state index in [9.17, 15) is 4.79 Å². The number of hydrogen-bond donors (Lipinski definition) is 0. The molecule has 2 unspecified atom stereocenters. The van der Waals surface area contributed by atoms with Crippen LogP contribution in [0.4, 0.5) is 4.79 Å². The van der Waals surface area contributed by atoms with Crippen LogP contribution in [0.5, 0.6) is 0 Å². The Kier molecular flexibility index (Phi) is 3.78. The minimum Gasteiger partial charge on any atom is -0.320 e. The first-order valence-electron chi connectivity index (χ1n) is 5.69. The molecule has 0 aromatic heterocycles. The van der Waals surface area contributed by atoms with E-state index in [-0.39, 0.29) is 6.03 Å². The SMILES string of the molecule is CCC(C)N1CCN(C(C)CC)C1=O. The van der Waals surface area contributed by atoms with Gasteiger partial charge < -0.3 is 9.80 Å². The van der Waals surface area contributed by atoms with E-state index in [0.717, 1.165) is 25.9 Å². The predicted molar refractivity (Wildman–Crippen MR) is 58.3 cm³/mol. The molecular weight excluding hydrogens is 176 g/mol. The number of nitrogens with zero attached hydrogens (tertiary/aromatic N) is 2. The fraction of sp³-hybridized carbons (Fsp3) is 0.909. The highest BCUT2D eigenvalue weighted by molar-refractivity contribution is 5.77. The summed E-state index contributed by atoms with van der Waals surface area (Å²) < 4.78 is 0. The minimum absolute atomic E-state index is 0.230. The fourth-order valence-electron chi connectivity index (χ4n) is 1.83. The van der Waals surface area contributed by atoms with Crippen molar-refractivity contribution in [2.75, 3.05) is 13.1 Å². The van der Waals surface area contributed by atoms with Crippen LogP contribution >= 0.6 is 0 Å². The van der Waals surface area contributed by atoms with Gasteiger partial charge in [-0.25, -0.2) is 4.79 Å². The van der Waals surface area contributed by atoms with Crippen LogP contribution in [-0.2, 0) is 0 Å². The van der Waals surface area contributed by atoms with Crippen molar-refractivity contribution in [3.05, 3.63) is 0 Å². The van der Waals surface area contributed by atoms with Crippen molar-refractivity contribution < 1.29 is 4.79 Å². The van der Waals surface area contributed by atoms with Gasteiger partial charge in [0.05, 0.1) is 0 Å². The Morgan fingerprint density at radius 2 is 1.43 bits per heavy atom. The quantitative estimate of drug-likeness (QED) is 0.680. The summed E-state index contributed by atoms with van der Waals surface area (Å²) in [7, 11) is 0. The Morgan fingerprint density at radius 3 is 1.71 bits per heavy atom. The average molecular weight is 198 g/mol. The normalized spacial score (nSPS) is 21.6. The van der Waals surface area contributed by atoms with Crippen molar-refractivity contribution in [3.8, 4) is 0 Å². The van der Waals surface area contributed by atoms with Gasteiger partial charge >= 0.3 is 6.03 Å². The molecule has 14 heavy (non-hydrogen) atoms. The molecule has 0 spiro atoms. The molecule has 82 valence electrons. The molecule has 0 aromatic carbocycles. The molecule has 2 amide bonds. The van der Waals surface area contributed by atoms with Gasteiger partial charge in [0, 0.05) is 25.2 Å². The Bertz CT molecular complexity index is 185. The lowest BCUT2D eigenvalue weighted by Crippen LogP contribution is -2.40. The molecule has 1 saturated heterocycles. The summed E-state index contributed by atoms with van der Waals surface area (Å²) in [6.45, 7) is 10.3. The molecule has 0 aliphatic carbocycles. The summed E-state index contributed by atoms with van der Waals surface area (Å²) >= 11 is 0. The summed E-state index contributed by atoms with van der Waals surface area (Å²) in [6, 6.07) is 1.00. The highest BCUT2D eigenvalue weighted by Crippen LogP contribution is 2.17. The fourth-order valence-corrected chi connectivity index (χ4v) is 1.83. The Hall–Kier alpha value is -0.730. The highest BCUT2D eigenvalue weighted by atomic mass is 16.2. The Labute approximate surface area is 87.1 Å². The lowest BCUT2D eigenvalue weighted by Gasteiger charge is -2.26. The van der Waals surface area contributed by atoms with Crippen LogP contribution in [-0.4, -0.2) is 41.0 Å². The van der Waals surface area contributed by atoms with Gasteiger partial charge in [-0.05, 0) is 26.7 Å². The first-order chi connectivity index (χ1) is 6.61. The molecule has 0 N–H and O–H groups in total. The van der Waals surface area contributed by atoms with E-state index >= 15 is 0 Å². The second-order valence-electron chi connectivity index (χ2n) is 4.18. The van der Waals surface area contributed by atoms with Gasteiger partial charge in [0.15, 0.2) is 0 Å². The summed E-state index contributed by atoms with van der Waals surface area (Å²) in [5.74, 6) is 0. The smallest absolute Gasteiger partial charge is 0.320 e. The van der Waals surface area contributed by atoms with Gasteiger partial charge in [0.25, 0.3) is 0 Å². The maximum atomic E-state index is 12.0. The van der Waals surface area contributed by atoms with Gasteiger partial charge in [-0.1, -0.05) is 13.8 Å². The topological polar surface area (TPSA) is 23.6 Å². The van der Waals surface area contributed by atoms with E-state index in [4.69, 9.17) is 0 Å². The second-order valence-corrected chi connectivity index (χ2v) is 4.18. The number of urea groups is 1. The molecule has 1 fully saturated rings. The molecule has 3 heteroatoms. The summed E-state index contributed by atoms with van der Waals surface area (Å²) in [6.07, 6.45) is 2.08. The monoisotopic (exact) mass is 198 g/mol. The van der Waals surface area contributed by atoms with E-state index in [0.29, 0.717) is 12.1 Å². The molecule has 1 aliphatic rings. The van der Waals surface area contributed by atoms with Crippen LogP contribution in [0.25, 0.3) is 0 Å². The lowest BCUT2D eigenvalue weighted by atomic mass is 10.2. The van der Waals surface area contributed by atoms with Crippen molar-refractivity contribution in [1.82, 2.24) is 9.80 Å². The summed E-state index contributed by atoms with van der Waals surface area (Å²) in [5.41, 5.74) is 0. The number of amides is 2. The predicted octanol–water partition coefficient (Wildman–Crippen LogP) is 2.32. The van der Waals surface area contributed by atoms with Crippen LogP contribution < -0.4 is 0 Å². The molecule has 1 rings (SSSR count). The first-order valence-corrected chi connectivity index (χ1v) is 5.69. The third-order valence-corrected chi connectivity index (χ3v) is 3.32. The van der Waals surface area contributed by atoms with Gasteiger partial charge in [0.2, 0.25) is 0 Å². The molecule has 0 radical (unpaired) electrons. The zero-order valence-electron chi connectivity index (χ0n) is 9.79. The molecule has 3 nitrogen and oxygen atoms in total. The van der Waals surface area contributed by atoms with Gasteiger partial charge in [-0.15, -0.1) is 0 Å². The highest BCUT2D eigenvalue weighted by Gasteiger charge is 2.32. The minimum atomic E-state index is 0.230. The zero-order valence-corrected chi connectivity index (χ0v) is 9.79. The number of carbonyl (C=O) groups is 1. The van der Waals surface area contributed by atoms with Gasteiger partial charge in [0.1, 0.15) is 0 Å². The number of hydrogen-bond acceptors (Lipinski definition) is 1. The summed E-state index contributed by atoms with van der Waals surface area (Å²) in [5, 5.41) is 0. The van der Waals surface area contributed by atoms with Crippen molar-refractivity contribution in [1.29, 1.82) is 0 Å². The standard InChI is InChI=1S/C11H22N2O/c1-5-9(3)12-7-8-13(11(12)14)10(4)6-2/h9-10H,5-8H2,1-4H3. The van der Waals surface area contributed by atoms with Crippen LogP contribution in [0.3, 0.4) is 0 Å². The molecule has 1 aliphatic heterocycles. The van der Waals surface area contributed by atoms with E-state index in [1.807, 2.05) is 9.80 Å². The van der Waals surface area contributed by atoms with Gasteiger partial charge in [-0.3, -0.25) is 0 Å². The van der Waals surface area contributed by atoms with Crippen molar-refractivity contribution >= 4 is 6.03 Å². The van der Waals surface area contributed by atoms with E-state index in [1.165, 1.54) is 0 Å². The molecule has 2 atom stereocenters. The van der Waals surface area contributed by atoms with Crippen LogP contribution in [0.1, 0.15) is 40.5 Å². The molecule has 1 heterocycles. The third kappa shape index (κ3) is 2.02. The van der Waals surface area contributed by atoms with Crippen LogP contribution in [0.15, 0.2) is 0 Å². The maximum Gasteiger partial charge on any atom is 0.320 e. The summed E-state index contributed by atoms with van der Waals surface area (Å²) in [4.78, 5) is 15.9. The van der Waals surface area contributed by atoms with E-state index in [2.05, 4.69) is 27.7 Å². The first kappa shape index (κ1) is 11.3. The second kappa shape index (κ2) is 4.67. The van der Waals surface area contributed by atoms with Crippen molar-refractivity contribution in [3.63, 3.8) is 0 Å². The van der Waals surface area contributed by atoms with Crippen LogP contribution in [0, 0.1) is 0 Å². The number of rotatable bonds is 4. The molecule has 0 bridgehead atoms. The van der Waals surface area contributed by atoms with Crippen LogP contribution in [0.2, 0.25) is 0 Å². The van der Waals surface area contributed by atoms with Crippen molar-refractivity contribution in [2.24, 2.45) is 0 Å². The van der Waals surface area contributed by atoms with E-state index < -0.39 is 0 Å². The molecular formula is C11H22N2O. The maximum absolute atomic E-state index is 12.0. The molecule has 0 saturated carbocycles. The van der Waals surface area contributed by atoms with Gasteiger partial charge in [-0.2, -0.15) is 0 Å².